The van der Waals surface area contributed by atoms with Gasteiger partial charge in [0.15, 0.2) is 11.6 Å². The van der Waals surface area contributed by atoms with Crippen LogP contribution in [0.2, 0.25) is 0 Å². The van der Waals surface area contributed by atoms with E-state index in [1.807, 2.05) is 6.92 Å². The molecule has 0 aliphatic carbocycles. The van der Waals surface area contributed by atoms with Gasteiger partial charge in [0.25, 0.3) is 0 Å². The molecule has 16 heavy (non-hydrogen) atoms. The first kappa shape index (κ1) is 12.5. The van der Waals surface area contributed by atoms with Gasteiger partial charge >= 0.3 is 5.97 Å². The molecule has 4 heteroatoms. The van der Waals surface area contributed by atoms with E-state index >= 15 is 0 Å². The predicted octanol–water partition coefficient (Wildman–Crippen LogP) is 2.88. The van der Waals surface area contributed by atoms with Crippen molar-refractivity contribution in [2.75, 3.05) is 0 Å². The van der Waals surface area contributed by atoms with Gasteiger partial charge in [-0.3, -0.25) is 0 Å². The lowest BCUT2D eigenvalue weighted by molar-refractivity contribution is 0.0323. The van der Waals surface area contributed by atoms with Crippen molar-refractivity contribution < 1.29 is 19.0 Å². The molecular formula is C12H15FO3. The molecule has 0 aliphatic heterocycles. The number of rotatable bonds is 4. The highest BCUT2D eigenvalue weighted by molar-refractivity contribution is 5.89. The van der Waals surface area contributed by atoms with Crippen molar-refractivity contribution in [3.8, 4) is 5.75 Å². The van der Waals surface area contributed by atoms with E-state index in [1.165, 1.54) is 6.07 Å². The minimum atomic E-state index is -0.822. The van der Waals surface area contributed by atoms with Crippen molar-refractivity contribution in [2.24, 2.45) is 0 Å². The predicted molar refractivity (Wildman–Crippen MR) is 57.9 cm³/mol. The number of esters is 1. The van der Waals surface area contributed by atoms with Crippen LogP contribution in [-0.2, 0) is 4.74 Å². The lowest BCUT2D eigenvalue weighted by atomic mass is 10.2. The quantitative estimate of drug-likeness (QED) is 0.803. The molecule has 3 nitrogen and oxygen atoms in total. The standard InChI is InChI=1S/C12H15FO3/c1-3-4-8(2)16-12(15)9-5-6-11(14)10(13)7-9/h5-8,14H,3-4H2,1-2H3. The molecule has 1 rings (SSSR count). The third kappa shape index (κ3) is 3.22. The molecule has 0 amide bonds. The van der Waals surface area contributed by atoms with Crippen LogP contribution in [0.25, 0.3) is 0 Å². The largest absolute Gasteiger partial charge is 0.505 e. The Balaban J connectivity index is 2.69. The van der Waals surface area contributed by atoms with Crippen LogP contribution in [0.5, 0.6) is 5.75 Å². The Morgan fingerprint density at radius 3 is 2.81 bits per heavy atom. The van der Waals surface area contributed by atoms with Gasteiger partial charge in [0.05, 0.1) is 11.7 Å². The summed E-state index contributed by atoms with van der Waals surface area (Å²) in [4.78, 5) is 11.5. The number of aromatic hydroxyl groups is 1. The topological polar surface area (TPSA) is 46.5 Å². The second-order valence-electron chi connectivity index (χ2n) is 3.67. The number of benzene rings is 1. The maximum absolute atomic E-state index is 13.0. The summed E-state index contributed by atoms with van der Waals surface area (Å²) in [7, 11) is 0. The van der Waals surface area contributed by atoms with Crippen LogP contribution < -0.4 is 0 Å². The first-order valence-electron chi connectivity index (χ1n) is 5.24. The summed E-state index contributed by atoms with van der Waals surface area (Å²) in [6, 6.07) is 3.44. The normalized spacial score (nSPS) is 12.2. The van der Waals surface area contributed by atoms with Gasteiger partial charge in [-0.1, -0.05) is 13.3 Å². The summed E-state index contributed by atoms with van der Waals surface area (Å²) in [5.41, 5.74) is 0.109. The molecule has 0 bridgehead atoms. The van der Waals surface area contributed by atoms with Crippen LogP contribution in [0.1, 0.15) is 37.0 Å². The van der Waals surface area contributed by atoms with Crippen LogP contribution in [0, 0.1) is 5.82 Å². The van der Waals surface area contributed by atoms with Crippen molar-refractivity contribution in [3.63, 3.8) is 0 Å². The van der Waals surface area contributed by atoms with Crippen molar-refractivity contribution in [1.29, 1.82) is 0 Å². The van der Waals surface area contributed by atoms with Crippen molar-refractivity contribution >= 4 is 5.97 Å². The van der Waals surface area contributed by atoms with Gasteiger partial charge < -0.3 is 9.84 Å². The number of hydrogen-bond donors (Lipinski definition) is 1. The minimum absolute atomic E-state index is 0.109. The third-order valence-electron chi connectivity index (χ3n) is 2.19. The number of phenolic OH excluding ortho intramolecular Hbond substituents is 1. The van der Waals surface area contributed by atoms with Gasteiger partial charge in [-0.15, -0.1) is 0 Å². The van der Waals surface area contributed by atoms with E-state index in [9.17, 15) is 9.18 Å². The molecule has 0 fully saturated rings. The molecule has 0 spiro atoms. The first-order chi connectivity index (χ1) is 7.54. The SMILES string of the molecule is CCCC(C)OC(=O)c1ccc(O)c(F)c1. The molecule has 1 N–H and O–H groups in total. The highest BCUT2D eigenvalue weighted by atomic mass is 19.1. The van der Waals surface area contributed by atoms with E-state index in [2.05, 4.69) is 0 Å². The molecule has 0 radical (unpaired) electrons. The molecule has 0 aliphatic rings. The molecule has 0 heterocycles. The Bertz CT molecular complexity index is 377. The molecule has 1 atom stereocenters. The summed E-state index contributed by atoms with van der Waals surface area (Å²) in [6.07, 6.45) is 1.50. The van der Waals surface area contributed by atoms with Crippen molar-refractivity contribution in [1.82, 2.24) is 0 Å². The van der Waals surface area contributed by atoms with Crippen LogP contribution >= 0.6 is 0 Å². The molecule has 0 aromatic heterocycles. The number of ether oxygens (including phenoxy) is 1. The summed E-state index contributed by atoms with van der Waals surface area (Å²) < 4.78 is 18.1. The van der Waals surface area contributed by atoms with Gasteiger partial charge in [0.1, 0.15) is 0 Å². The van der Waals surface area contributed by atoms with Crippen molar-refractivity contribution in [2.45, 2.75) is 32.8 Å². The zero-order valence-electron chi connectivity index (χ0n) is 9.37. The van der Waals surface area contributed by atoms with Crippen molar-refractivity contribution in [3.05, 3.63) is 29.6 Å². The Kier molecular flexibility index (Phi) is 4.28. The summed E-state index contributed by atoms with van der Waals surface area (Å²) in [5.74, 6) is -1.87. The minimum Gasteiger partial charge on any atom is -0.505 e. The summed E-state index contributed by atoms with van der Waals surface area (Å²) >= 11 is 0. The monoisotopic (exact) mass is 226 g/mol. The van der Waals surface area contributed by atoms with Crippen LogP contribution in [0.15, 0.2) is 18.2 Å². The van der Waals surface area contributed by atoms with Gasteiger partial charge in [0.2, 0.25) is 0 Å². The third-order valence-corrected chi connectivity index (χ3v) is 2.19. The molecule has 1 aromatic carbocycles. The van der Waals surface area contributed by atoms with E-state index in [1.54, 1.807) is 6.92 Å². The summed E-state index contributed by atoms with van der Waals surface area (Å²) in [5, 5.41) is 8.96. The number of phenols is 1. The highest BCUT2D eigenvalue weighted by Crippen LogP contribution is 2.17. The van der Waals surface area contributed by atoms with E-state index in [0.29, 0.717) is 0 Å². The zero-order chi connectivity index (χ0) is 12.1. The zero-order valence-corrected chi connectivity index (χ0v) is 9.37. The number of hydrogen-bond acceptors (Lipinski definition) is 3. The smallest absolute Gasteiger partial charge is 0.338 e. The Morgan fingerprint density at radius 2 is 2.25 bits per heavy atom. The van der Waals surface area contributed by atoms with Gasteiger partial charge in [-0.2, -0.15) is 0 Å². The molecule has 0 saturated carbocycles. The lowest BCUT2D eigenvalue weighted by Gasteiger charge is -2.12. The second-order valence-corrected chi connectivity index (χ2v) is 3.67. The van der Waals surface area contributed by atoms with Crippen LogP contribution in [-0.4, -0.2) is 17.2 Å². The molecule has 88 valence electrons. The number of carbonyl (C=O) groups is 1. The molecule has 0 saturated heterocycles. The fourth-order valence-corrected chi connectivity index (χ4v) is 1.35. The van der Waals surface area contributed by atoms with E-state index < -0.39 is 17.5 Å². The summed E-state index contributed by atoms with van der Waals surface area (Å²) in [6.45, 7) is 3.78. The molecule has 1 aromatic rings. The molecular weight excluding hydrogens is 211 g/mol. The number of halogens is 1. The van der Waals surface area contributed by atoms with E-state index in [-0.39, 0.29) is 11.7 Å². The molecule has 1 unspecified atom stereocenters. The van der Waals surface area contributed by atoms with Gasteiger partial charge in [0, 0.05) is 0 Å². The average Bonchev–Trinajstić information content (AvgIpc) is 2.22. The van der Waals surface area contributed by atoms with Crippen LogP contribution in [0.4, 0.5) is 4.39 Å². The Morgan fingerprint density at radius 1 is 1.56 bits per heavy atom. The van der Waals surface area contributed by atoms with Gasteiger partial charge in [-0.25, -0.2) is 9.18 Å². The second kappa shape index (κ2) is 5.49. The number of carbonyl (C=O) groups excluding carboxylic acids is 1. The Labute approximate surface area is 93.9 Å². The van der Waals surface area contributed by atoms with Gasteiger partial charge in [-0.05, 0) is 31.5 Å². The Hall–Kier alpha value is -1.58. The first-order valence-corrected chi connectivity index (χ1v) is 5.24. The van der Waals surface area contributed by atoms with Crippen LogP contribution in [0.3, 0.4) is 0 Å². The lowest BCUT2D eigenvalue weighted by Crippen LogP contribution is -2.14. The fourth-order valence-electron chi connectivity index (χ4n) is 1.35. The maximum atomic E-state index is 13.0. The fraction of sp³-hybridized carbons (Fsp3) is 0.417. The van der Waals surface area contributed by atoms with E-state index in [0.717, 1.165) is 25.0 Å². The maximum Gasteiger partial charge on any atom is 0.338 e. The highest BCUT2D eigenvalue weighted by Gasteiger charge is 2.13. The average molecular weight is 226 g/mol. The van der Waals surface area contributed by atoms with E-state index in [4.69, 9.17) is 9.84 Å².